The van der Waals surface area contributed by atoms with Crippen LogP contribution < -0.4 is 16.2 Å². The molecular weight excluding hydrogens is 398 g/mol. The van der Waals surface area contributed by atoms with Crippen LogP contribution in [0.15, 0.2) is 70.0 Å². The topological polar surface area (TPSA) is 86.7 Å². The van der Waals surface area contributed by atoms with E-state index >= 15 is 0 Å². The van der Waals surface area contributed by atoms with Crippen LogP contribution in [0.2, 0.25) is 0 Å². The van der Waals surface area contributed by atoms with E-state index in [2.05, 4.69) is 33.1 Å². The summed E-state index contributed by atoms with van der Waals surface area (Å²) in [5.74, 6) is 0. The van der Waals surface area contributed by atoms with Crippen molar-refractivity contribution in [2.75, 3.05) is 6.26 Å². The van der Waals surface area contributed by atoms with Crippen LogP contribution >= 0.6 is 11.8 Å². The van der Waals surface area contributed by atoms with Gasteiger partial charge in [0.1, 0.15) is 17.3 Å². The van der Waals surface area contributed by atoms with Crippen molar-refractivity contribution in [1.29, 1.82) is 0 Å². The first kappa shape index (κ1) is 18.3. The van der Waals surface area contributed by atoms with Crippen LogP contribution in [0, 0.1) is 0 Å². The molecule has 1 aromatic carbocycles. The first-order chi connectivity index (χ1) is 14.6. The van der Waals surface area contributed by atoms with E-state index in [0.717, 1.165) is 5.39 Å². The number of hydrogen-bond donors (Lipinski definition) is 0. The lowest BCUT2D eigenvalue weighted by Crippen LogP contribution is -2.30. The van der Waals surface area contributed by atoms with Gasteiger partial charge in [-0.05, 0) is 18.4 Å². The molecule has 0 atom stereocenters. The minimum atomic E-state index is -0.302. The second kappa shape index (κ2) is 6.93. The Morgan fingerprint density at radius 1 is 1.17 bits per heavy atom. The summed E-state index contributed by atoms with van der Waals surface area (Å²) in [6.07, 6.45) is 8.08. The quantitative estimate of drug-likeness (QED) is 0.255. The van der Waals surface area contributed by atoms with Gasteiger partial charge in [0.05, 0.1) is 27.2 Å². The smallest absolute Gasteiger partial charge is 0.267 e. The monoisotopic (exact) mass is 413 g/mol. The van der Waals surface area contributed by atoms with Crippen molar-refractivity contribution in [3.63, 3.8) is 0 Å². The Labute approximate surface area is 174 Å². The van der Waals surface area contributed by atoms with E-state index in [1.165, 1.54) is 22.7 Å². The molecule has 30 heavy (non-hydrogen) atoms. The van der Waals surface area contributed by atoms with Gasteiger partial charge in [0, 0.05) is 17.8 Å². The third kappa shape index (κ3) is 2.57. The molecule has 0 N–H and O–H groups in total. The number of pyridine rings is 1. The molecule has 7 nitrogen and oxygen atoms in total. The molecule has 8 heteroatoms. The summed E-state index contributed by atoms with van der Waals surface area (Å²) in [5, 5.41) is 3.10. The number of nitrogens with zero attached hydrogens (tertiary/aromatic N) is 5. The van der Waals surface area contributed by atoms with E-state index in [0.29, 0.717) is 49.0 Å². The van der Waals surface area contributed by atoms with Crippen molar-refractivity contribution in [2.24, 2.45) is 0 Å². The molecule has 0 unspecified atom stereocenters. The van der Waals surface area contributed by atoms with Crippen LogP contribution in [0.3, 0.4) is 0 Å². The maximum Gasteiger partial charge on any atom is 0.267 e. The summed E-state index contributed by atoms with van der Waals surface area (Å²) >= 11 is 1.40. The third-order valence-electron chi connectivity index (χ3n) is 4.90. The van der Waals surface area contributed by atoms with Gasteiger partial charge in [-0.2, -0.15) is 0 Å². The SMILES string of the molecule is C=C/C(=c1\c(=C)oc2ccccc12)n1c(=O)c2cnc(SC)nc2c2cncnc21. The molecule has 0 aliphatic heterocycles. The Morgan fingerprint density at radius 3 is 2.80 bits per heavy atom. The molecular formula is C22H15N5O2S. The van der Waals surface area contributed by atoms with Gasteiger partial charge in [0.15, 0.2) is 10.8 Å². The Balaban J connectivity index is 2.06. The lowest BCUT2D eigenvalue weighted by molar-refractivity contribution is 0.577. The highest BCUT2D eigenvalue weighted by Crippen LogP contribution is 2.22. The predicted octanol–water partition coefficient (Wildman–Crippen LogP) is 2.46. The van der Waals surface area contributed by atoms with Gasteiger partial charge in [0.25, 0.3) is 5.56 Å². The molecule has 4 heterocycles. The van der Waals surface area contributed by atoms with Crippen molar-refractivity contribution >= 4 is 56.9 Å². The van der Waals surface area contributed by atoms with E-state index in [-0.39, 0.29) is 5.56 Å². The van der Waals surface area contributed by atoms with Crippen LogP contribution in [0.4, 0.5) is 0 Å². The minimum Gasteiger partial charge on any atom is -0.457 e. The fraction of sp³-hybridized carbons (Fsp3) is 0.0455. The molecule has 4 aromatic heterocycles. The second-order valence-electron chi connectivity index (χ2n) is 6.51. The highest BCUT2D eigenvalue weighted by atomic mass is 32.2. The molecule has 5 rings (SSSR count). The number of allylic oxidation sites excluding steroid dienone is 1. The van der Waals surface area contributed by atoms with Gasteiger partial charge in [-0.1, -0.05) is 43.1 Å². The van der Waals surface area contributed by atoms with Gasteiger partial charge in [-0.25, -0.2) is 19.9 Å². The Hall–Kier alpha value is -3.78. The van der Waals surface area contributed by atoms with Crippen molar-refractivity contribution in [3.8, 4) is 0 Å². The first-order valence-corrected chi connectivity index (χ1v) is 10.3. The highest BCUT2D eigenvalue weighted by molar-refractivity contribution is 7.98. The lowest BCUT2D eigenvalue weighted by Gasteiger charge is -2.12. The van der Waals surface area contributed by atoms with Crippen LogP contribution in [-0.2, 0) is 0 Å². The third-order valence-corrected chi connectivity index (χ3v) is 5.46. The van der Waals surface area contributed by atoms with Gasteiger partial charge in [-0.15, -0.1) is 0 Å². The molecule has 0 bridgehead atoms. The van der Waals surface area contributed by atoms with Crippen LogP contribution in [0.25, 0.3) is 45.2 Å². The molecule has 0 saturated heterocycles. The summed E-state index contributed by atoms with van der Waals surface area (Å²) in [7, 11) is 0. The summed E-state index contributed by atoms with van der Waals surface area (Å²) in [5.41, 5.74) is 2.28. The highest BCUT2D eigenvalue weighted by Gasteiger charge is 2.17. The molecule has 5 aromatic rings. The van der Waals surface area contributed by atoms with Gasteiger partial charge < -0.3 is 4.42 Å². The number of benzene rings is 1. The number of furan rings is 1. The van der Waals surface area contributed by atoms with E-state index in [1.807, 2.05) is 30.5 Å². The van der Waals surface area contributed by atoms with E-state index < -0.39 is 0 Å². The molecule has 0 aliphatic rings. The second-order valence-corrected chi connectivity index (χ2v) is 7.28. The number of hydrogen-bond acceptors (Lipinski definition) is 7. The minimum absolute atomic E-state index is 0.302. The summed E-state index contributed by atoms with van der Waals surface area (Å²) in [6.45, 7) is 7.99. The zero-order valence-corrected chi connectivity index (χ0v) is 16.8. The average molecular weight is 413 g/mol. The fourth-order valence-electron chi connectivity index (χ4n) is 3.62. The number of fused-ring (bicyclic) bond motifs is 4. The number of aromatic nitrogens is 5. The maximum absolute atomic E-state index is 13.6. The Bertz CT molecular complexity index is 1650. The van der Waals surface area contributed by atoms with Crippen molar-refractivity contribution in [3.05, 3.63) is 76.6 Å². The summed E-state index contributed by atoms with van der Waals surface area (Å²) in [4.78, 5) is 30.9. The Kier molecular flexibility index (Phi) is 4.22. The van der Waals surface area contributed by atoms with Gasteiger partial charge in [0.2, 0.25) is 0 Å². The van der Waals surface area contributed by atoms with Crippen molar-refractivity contribution in [2.45, 2.75) is 5.16 Å². The molecule has 0 saturated carbocycles. The lowest BCUT2D eigenvalue weighted by atomic mass is 10.1. The Morgan fingerprint density at radius 2 is 2.00 bits per heavy atom. The normalized spacial score (nSPS) is 12.6. The largest absolute Gasteiger partial charge is 0.457 e. The molecule has 0 radical (unpaired) electrons. The van der Waals surface area contributed by atoms with Gasteiger partial charge >= 0.3 is 0 Å². The van der Waals surface area contributed by atoms with Crippen molar-refractivity contribution in [1.82, 2.24) is 24.5 Å². The summed E-state index contributed by atoms with van der Waals surface area (Å²) in [6, 6.07) is 7.57. The number of rotatable bonds is 3. The molecule has 0 amide bonds. The zero-order chi connectivity index (χ0) is 20.8. The summed E-state index contributed by atoms with van der Waals surface area (Å²) < 4.78 is 7.32. The molecule has 146 valence electrons. The van der Waals surface area contributed by atoms with E-state index in [4.69, 9.17) is 4.42 Å². The first-order valence-electron chi connectivity index (χ1n) is 9.03. The van der Waals surface area contributed by atoms with E-state index in [1.54, 1.807) is 18.5 Å². The molecule has 0 aliphatic carbocycles. The zero-order valence-electron chi connectivity index (χ0n) is 16.0. The van der Waals surface area contributed by atoms with E-state index in [9.17, 15) is 4.79 Å². The number of para-hydroxylation sites is 1. The maximum atomic E-state index is 13.6. The van der Waals surface area contributed by atoms with Crippen molar-refractivity contribution < 1.29 is 4.42 Å². The average Bonchev–Trinajstić information content (AvgIpc) is 3.12. The van der Waals surface area contributed by atoms with Crippen LogP contribution in [0.1, 0.15) is 0 Å². The fourth-order valence-corrected chi connectivity index (χ4v) is 3.96. The number of thioether (sulfide) groups is 1. The van der Waals surface area contributed by atoms with Gasteiger partial charge in [-0.3, -0.25) is 9.36 Å². The standard InChI is InChI=1S/C22H15N5O2S/c1-4-16(18-12(2)29-17-8-6-5-7-13(17)18)27-20-14(9-23-11-25-20)19-15(21(27)28)10-24-22(26-19)30-3/h4-11H,1-2H2,3H3/b18-16-. The predicted molar refractivity (Wildman–Crippen MR) is 119 cm³/mol. The van der Waals surface area contributed by atoms with Crippen LogP contribution in [-0.4, -0.2) is 30.8 Å². The molecule has 0 spiro atoms. The molecule has 0 fully saturated rings. The van der Waals surface area contributed by atoms with Crippen LogP contribution in [0.5, 0.6) is 0 Å².